The van der Waals surface area contributed by atoms with Gasteiger partial charge in [0.2, 0.25) is 20.0 Å². The summed E-state index contributed by atoms with van der Waals surface area (Å²) in [6.45, 7) is 0.407. The molecular formula is C13H20N2O4S2. The minimum absolute atomic E-state index is 0.0429. The van der Waals surface area contributed by atoms with Crippen LogP contribution in [0.15, 0.2) is 34.1 Å². The SMILES string of the molecule is NS(=O)(=O)c1ccc(S(=O)(=O)NCCC2CCCC2)cc1. The zero-order chi connectivity index (χ0) is 15.5. The Bertz CT molecular complexity index is 675. The van der Waals surface area contributed by atoms with Crippen LogP contribution in [0.1, 0.15) is 32.1 Å². The van der Waals surface area contributed by atoms with Gasteiger partial charge in [-0.25, -0.2) is 26.7 Å². The largest absolute Gasteiger partial charge is 0.240 e. The molecule has 1 saturated carbocycles. The molecule has 0 saturated heterocycles. The fourth-order valence-corrected chi connectivity index (χ4v) is 4.15. The molecule has 0 heterocycles. The Morgan fingerprint density at radius 1 is 1.00 bits per heavy atom. The van der Waals surface area contributed by atoms with E-state index in [1.165, 1.54) is 49.9 Å². The van der Waals surface area contributed by atoms with E-state index in [2.05, 4.69) is 4.72 Å². The van der Waals surface area contributed by atoms with Crippen molar-refractivity contribution in [3.05, 3.63) is 24.3 Å². The van der Waals surface area contributed by atoms with Gasteiger partial charge in [0.1, 0.15) is 0 Å². The lowest BCUT2D eigenvalue weighted by Crippen LogP contribution is -2.26. The molecule has 21 heavy (non-hydrogen) atoms. The first-order valence-corrected chi connectivity index (χ1v) is 9.94. The highest BCUT2D eigenvalue weighted by Crippen LogP contribution is 2.27. The quantitative estimate of drug-likeness (QED) is 0.816. The Labute approximate surface area is 125 Å². The maximum Gasteiger partial charge on any atom is 0.240 e. The van der Waals surface area contributed by atoms with E-state index in [-0.39, 0.29) is 9.79 Å². The van der Waals surface area contributed by atoms with E-state index < -0.39 is 20.0 Å². The molecule has 1 fully saturated rings. The fraction of sp³-hybridized carbons (Fsp3) is 0.538. The van der Waals surface area contributed by atoms with Gasteiger partial charge in [-0.1, -0.05) is 25.7 Å². The third-order valence-corrected chi connectivity index (χ3v) is 6.19. The van der Waals surface area contributed by atoms with Crippen LogP contribution in [-0.4, -0.2) is 23.4 Å². The zero-order valence-corrected chi connectivity index (χ0v) is 13.3. The van der Waals surface area contributed by atoms with Gasteiger partial charge in [-0.15, -0.1) is 0 Å². The lowest BCUT2D eigenvalue weighted by atomic mass is 10.1. The lowest BCUT2D eigenvalue weighted by molar-refractivity contribution is 0.495. The van der Waals surface area contributed by atoms with Crippen LogP contribution < -0.4 is 9.86 Å². The van der Waals surface area contributed by atoms with Gasteiger partial charge in [0, 0.05) is 6.54 Å². The molecule has 1 aromatic rings. The molecule has 1 aliphatic rings. The first kappa shape index (κ1) is 16.4. The number of rotatable bonds is 6. The summed E-state index contributed by atoms with van der Waals surface area (Å²) >= 11 is 0. The maximum absolute atomic E-state index is 12.1. The Hall–Kier alpha value is -0.960. The third-order valence-electron chi connectivity index (χ3n) is 3.78. The lowest BCUT2D eigenvalue weighted by Gasteiger charge is -2.10. The number of benzene rings is 1. The normalized spacial score (nSPS) is 17.2. The van der Waals surface area contributed by atoms with Crippen LogP contribution in [0.25, 0.3) is 0 Å². The molecule has 0 spiro atoms. The number of sulfonamides is 2. The van der Waals surface area contributed by atoms with Crippen LogP contribution in [0.2, 0.25) is 0 Å². The summed E-state index contributed by atoms with van der Waals surface area (Å²) in [5, 5.41) is 4.97. The van der Waals surface area contributed by atoms with Crippen LogP contribution in [-0.2, 0) is 20.0 Å². The van der Waals surface area contributed by atoms with E-state index in [1.807, 2.05) is 0 Å². The molecule has 0 radical (unpaired) electrons. The van der Waals surface area contributed by atoms with Gasteiger partial charge in [0.25, 0.3) is 0 Å². The minimum Gasteiger partial charge on any atom is -0.225 e. The van der Waals surface area contributed by atoms with Crippen LogP contribution in [0.5, 0.6) is 0 Å². The maximum atomic E-state index is 12.1. The van der Waals surface area contributed by atoms with Crippen molar-refractivity contribution in [3.63, 3.8) is 0 Å². The van der Waals surface area contributed by atoms with Crippen molar-refractivity contribution < 1.29 is 16.8 Å². The van der Waals surface area contributed by atoms with Crippen molar-refractivity contribution in [2.45, 2.75) is 41.9 Å². The van der Waals surface area contributed by atoms with Gasteiger partial charge in [0.15, 0.2) is 0 Å². The van der Waals surface area contributed by atoms with Crippen molar-refractivity contribution in [2.75, 3.05) is 6.54 Å². The number of hydrogen-bond donors (Lipinski definition) is 2. The highest BCUT2D eigenvalue weighted by Gasteiger charge is 2.18. The Morgan fingerprint density at radius 3 is 2.05 bits per heavy atom. The van der Waals surface area contributed by atoms with Crippen molar-refractivity contribution >= 4 is 20.0 Å². The molecule has 0 aromatic heterocycles. The van der Waals surface area contributed by atoms with Gasteiger partial charge < -0.3 is 0 Å². The predicted octanol–water partition coefficient (Wildman–Crippen LogP) is 1.19. The average molecular weight is 332 g/mol. The van der Waals surface area contributed by atoms with Crippen LogP contribution >= 0.6 is 0 Å². The van der Waals surface area contributed by atoms with Crippen molar-refractivity contribution in [2.24, 2.45) is 11.1 Å². The van der Waals surface area contributed by atoms with E-state index in [0.717, 1.165) is 6.42 Å². The summed E-state index contributed by atoms with van der Waals surface area (Å²) in [6.07, 6.45) is 5.64. The second kappa shape index (κ2) is 6.43. The molecule has 1 aromatic carbocycles. The van der Waals surface area contributed by atoms with Crippen LogP contribution in [0.4, 0.5) is 0 Å². The number of nitrogens with one attached hydrogen (secondary N) is 1. The fourth-order valence-electron chi connectivity index (χ4n) is 2.59. The number of hydrogen-bond acceptors (Lipinski definition) is 4. The summed E-state index contributed by atoms with van der Waals surface area (Å²) < 4.78 is 49.0. The molecule has 8 heteroatoms. The molecule has 3 N–H and O–H groups in total. The van der Waals surface area contributed by atoms with Crippen LogP contribution in [0.3, 0.4) is 0 Å². The van der Waals surface area contributed by atoms with E-state index in [9.17, 15) is 16.8 Å². The molecule has 118 valence electrons. The zero-order valence-electron chi connectivity index (χ0n) is 11.7. The first-order valence-electron chi connectivity index (χ1n) is 6.91. The van der Waals surface area contributed by atoms with Gasteiger partial charge >= 0.3 is 0 Å². The smallest absolute Gasteiger partial charge is 0.225 e. The number of primary sulfonamides is 1. The molecule has 0 bridgehead atoms. The molecule has 6 nitrogen and oxygen atoms in total. The number of nitrogens with two attached hydrogens (primary N) is 1. The summed E-state index contributed by atoms with van der Waals surface area (Å²) in [4.78, 5) is -0.0614. The van der Waals surface area contributed by atoms with E-state index in [0.29, 0.717) is 12.5 Å². The Morgan fingerprint density at radius 2 is 1.52 bits per heavy atom. The second-order valence-electron chi connectivity index (χ2n) is 5.35. The van der Waals surface area contributed by atoms with Gasteiger partial charge in [-0.3, -0.25) is 0 Å². The highest BCUT2D eigenvalue weighted by atomic mass is 32.2. The van der Waals surface area contributed by atoms with Crippen LogP contribution in [0, 0.1) is 5.92 Å². The summed E-state index contributed by atoms with van der Waals surface area (Å²) in [7, 11) is -7.41. The molecular weight excluding hydrogens is 312 g/mol. The standard InChI is InChI=1S/C13H20N2O4S2/c14-20(16,17)12-5-7-13(8-6-12)21(18,19)15-10-9-11-3-1-2-4-11/h5-8,11,15H,1-4,9-10H2,(H2,14,16,17). The molecule has 1 aliphatic carbocycles. The predicted molar refractivity (Wildman–Crippen MR) is 79.6 cm³/mol. The Kier molecular flexibility index (Phi) is 5.03. The van der Waals surface area contributed by atoms with Crippen molar-refractivity contribution in [3.8, 4) is 0 Å². The molecule has 0 amide bonds. The Balaban J connectivity index is 1.98. The van der Waals surface area contributed by atoms with Gasteiger partial charge in [0.05, 0.1) is 9.79 Å². The average Bonchev–Trinajstić information content (AvgIpc) is 2.91. The molecule has 0 atom stereocenters. The summed E-state index contributed by atoms with van der Waals surface area (Å²) in [5.41, 5.74) is 0. The third kappa shape index (κ3) is 4.50. The minimum atomic E-state index is -3.81. The highest BCUT2D eigenvalue weighted by molar-refractivity contribution is 7.89. The molecule has 0 unspecified atom stereocenters. The monoisotopic (exact) mass is 332 g/mol. The van der Waals surface area contributed by atoms with E-state index >= 15 is 0 Å². The summed E-state index contributed by atoms with van der Waals surface area (Å²) in [5.74, 6) is 0.609. The second-order valence-corrected chi connectivity index (χ2v) is 8.68. The van der Waals surface area contributed by atoms with Crippen molar-refractivity contribution in [1.82, 2.24) is 4.72 Å². The topological polar surface area (TPSA) is 106 Å². The van der Waals surface area contributed by atoms with E-state index in [4.69, 9.17) is 5.14 Å². The van der Waals surface area contributed by atoms with Gasteiger partial charge in [-0.05, 0) is 36.6 Å². The van der Waals surface area contributed by atoms with E-state index in [1.54, 1.807) is 0 Å². The van der Waals surface area contributed by atoms with Crippen molar-refractivity contribution in [1.29, 1.82) is 0 Å². The molecule has 0 aliphatic heterocycles. The summed E-state index contributed by atoms with van der Waals surface area (Å²) in [6, 6.07) is 4.89. The van der Waals surface area contributed by atoms with Gasteiger partial charge in [-0.2, -0.15) is 0 Å². The first-order chi connectivity index (χ1) is 9.79. The molecule has 2 rings (SSSR count).